The Kier molecular flexibility index (Phi) is 4.56. The van der Waals surface area contributed by atoms with Gasteiger partial charge in [0.25, 0.3) is 0 Å². The molecule has 15 heavy (non-hydrogen) atoms. The van der Waals surface area contributed by atoms with Crippen molar-refractivity contribution in [2.24, 2.45) is 5.73 Å². The van der Waals surface area contributed by atoms with Crippen molar-refractivity contribution >= 4 is 5.97 Å². The molecule has 0 saturated heterocycles. The SMILES string of the molecule is COC(=O)c1cc(OCCCN)ccn1. The number of esters is 1. The smallest absolute Gasteiger partial charge is 0.356 e. The van der Waals surface area contributed by atoms with E-state index in [2.05, 4.69) is 9.72 Å². The maximum absolute atomic E-state index is 11.1. The summed E-state index contributed by atoms with van der Waals surface area (Å²) in [6.45, 7) is 1.11. The van der Waals surface area contributed by atoms with Gasteiger partial charge >= 0.3 is 5.97 Å². The number of hydrogen-bond acceptors (Lipinski definition) is 5. The van der Waals surface area contributed by atoms with Gasteiger partial charge in [0.15, 0.2) is 5.69 Å². The van der Waals surface area contributed by atoms with Gasteiger partial charge in [0, 0.05) is 12.3 Å². The first-order valence-corrected chi connectivity index (χ1v) is 4.65. The number of carbonyl (C=O) groups excluding carboxylic acids is 1. The van der Waals surface area contributed by atoms with Gasteiger partial charge in [-0.05, 0) is 19.0 Å². The summed E-state index contributed by atoms with van der Waals surface area (Å²) in [7, 11) is 1.31. The van der Waals surface area contributed by atoms with E-state index < -0.39 is 5.97 Å². The van der Waals surface area contributed by atoms with E-state index in [0.717, 1.165) is 6.42 Å². The molecule has 0 fully saturated rings. The number of ether oxygens (including phenoxy) is 2. The molecular formula is C10H14N2O3. The largest absolute Gasteiger partial charge is 0.493 e. The summed E-state index contributed by atoms with van der Waals surface area (Å²) in [5, 5.41) is 0. The van der Waals surface area contributed by atoms with Gasteiger partial charge < -0.3 is 15.2 Å². The third-order valence-electron chi connectivity index (χ3n) is 1.74. The van der Waals surface area contributed by atoms with Crippen molar-refractivity contribution in [1.82, 2.24) is 4.98 Å². The van der Waals surface area contributed by atoms with Crippen LogP contribution in [0.3, 0.4) is 0 Å². The van der Waals surface area contributed by atoms with Gasteiger partial charge in [-0.3, -0.25) is 0 Å². The topological polar surface area (TPSA) is 74.4 Å². The minimum absolute atomic E-state index is 0.239. The van der Waals surface area contributed by atoms with E-state index in [4.69, 9.17) is 10.5 Å². The van der Waals surface area contributed by atoms with Crippen LogP contribution < -0.4 is 10.5 Å². The standard InChI is InChI=1S/C10H14N2O3/c1-14-10(13)9-7-8(3-5-12-9)15-6-2-4-11/h3,5,7H,2,4,6,11H2,1H3. The summed E-state index contributed by atoms with van der Waals surface area (Å²) in [6, 6.07) is 3.23. The van der Waals surface area contributed by atoms with Crippen molar-refractivity contribution in [3.63, 3.8) is 0 Å². The van der Waals surface area contributed by atoms with Crippen LogP contribution in [0.1, 0.15) is 16.9 Å². The monoisotopic (exact) mass is 210 g/mol. The van der Waals surface area contributed by atoms with Crippen LogP contribution in [0, 0.1) is 0 Å². The quantitative estimate of drug-likeness (QED) is 0.569. The highest BCUT2D eigenvalue weighted by molar-refractivity contribution is 5.87. The normalized spacial score (nSPS) is 9.73. The number of hydrogen-bond donors (Lipinski definition) is 1. The molecule has 5 heteroatoms. The van der Waals surface area contributed by atoms with E-state index >= 15 is 0 Å². The molecule has 0 bridgehead atoms. The molecule has 0 aliphatic heterocycles. The summed E-state index contributed by atoms with van der Waals surface area (Å²) in [5.41, 5.74) is 5.56. The highest BCUT2D eigenvalue weighted by Gasteiger charge is 2.07. The Bertz CT molecular complexity index is 328. The zero-order valence-electron chi connectivity index (χ0n) is 8.60. The lowest BCUT2D eigenvalue weighted by atomic mass is 10.3. The first-order valence-electron chi connectivity index (χ1n) is 4.65. The number of aromatic nitrogens is 1. The molecule has 2 N–H and O–H groups in total. The summed E-state index contributed by atoms with van der Waals surface area (Å²) < 4.78 is 9.89. The molecule has 1 aromatic rings. The Labute approximate surface area is 88.2 Å². The highest BCUT2D eigenvalue weighted by Crippen LogP contribution is 2.11. The van der Waals surface area contributed by atoms with E-state index in [1.54, 1.807) is 12.1 Å². The van der Waals surface area contributed by atoms with Crippen LogP contribution in [0.15, 0.2) is 18.3 Å². The van der Waals surface area contributed by atoms with Crippen LogP contribution in [0.5, 0.6) is 5.75 Å². The minimum atomic E-state index is -0.473. The van der Waals surface area contributed by atoms with Gasteiger partial charge in [0.05, 0.1) is 13.7 Å². The second-order valence-corrected chi connectivity index (χ2v) is 2.86. The number of rotatable bonds is 5. The fourth-order valence-corrected chi connectivity index (χ4v) is 0.990. The Morgan fingerprint density at radius 2 is 2.40 bits per heavy atom. The van der Waals surface area contributed by atoms with Crippen molar-refractivity contribution in [2.75, 3.05) is 20.3 Å². The van der Waals surface area contributed by atoms with Crippen LogP contribution in [-0.4, -0.2) is 31.2 Å². The minimum Gasteiger partial charge on any atom is -0.493 e. The van der Waals surface area contributed by atoms with E-state index in [-0.39, 0.29) is 5.69 Å². The molecule has 1 aromatic heterocycles. The van der Waals surface area contributed by atoms with Crippen LogP contribution >= 0.6 is 0 Å². The first kappa shape index (κ1) is 11.5. The second kappa shape index (κ2) is 5.98. The summed E-state index contributed by atoms with van der Waals surface area (Å²) >= 11 is 0. The number of carbonyl (C=O) groups is 1. The van der Waals surface area contributed by atoms with Crippen molar-refractivity contribution in [3.8, 4) is 5.75 Å². The van der Waals surface area contributed by atoms with E-state index in [0.29, 0.717) is 18.9 Å². The fraction of sp³-hybridized carbons (Fsp3) is 0.400. The predicted octanol–water partition coefficient (Wildman–Crippen LogP) is 0.596. The predicted molar refractivity (Wildman–Crippen MR) is 54.7 cm³/mol. The summed E-state index contributed by atoms with van der Waals surface area (Å²) in [6.07, 6.45) is 2.28. The molecule has 1 heterocycles. The Hall–Kier alpha value is -1.62. The molecule has 82 valence electrons. The van der Waals surface area contributed by atoms with Gasteiger partial charge in [0.1, 0.15) is 5.75 Å². The lowest BCUT2D eigenvalue weighted by Gasteiger charge is -2.05. The zero-order valence-corrected chi connectivity index (χ0v) is 8.60. The number of methoxy groups -OCH3 is 1. The molecular weight excluding hydrogens is 196 g/mol. The molecule has 0 atom stereocenters. The third-order valence-corrected chi connectivity index (χ3v) is 1.74. The molecule has 0 spiro atoms. The molecule has 0 aliphatic rings. The van der Waals surface area contributed by atoms with Gasteiger partial charge in [-0.1, -0.05) is 0 Å². The Balaban J connectivity index is 2.62. The molecule has 1 rings (SSSR count). The number of nitrogens with two attached hydrogens (primary N) is 1. The van der Waals surface area contributed by atoms with Gasteiger partial charge in [-0.15, -0.1) is 0 Å². The average Bonchev–Trinajstić information content (AvgIpc) is 2.29. The van der Waals surface area contributed by atoms with E-state index in [9.17, 15) is 4.79 Å². The molecule has 0 aliphatic carbocycles. The average molecular weight is 210 g/mol. The summed E-state index contributed by atoms with van der Waals surface area (Å²) in [4.78, 5) is 15.0. The van der Waals surface area contributed by atoms with Crippen LogP contribution in [0.2, 0.25) is 0 Å². The third kappa shape index (κ3) is 3.55. The van der Waals surface area contributed by atoms with Crippen LogP contribution in [0.25, 0.3) is 0 Å². The Morgan fingerprint density at radius 1 is 1.60 bits per heavy atom. The maximum atomic E-state index is 11.1. The van der Waals surface area contributed by atoms with E-state index in [1.165, 1.54) is 13.3 Å². The van der Waals surface area contributed by atoms with Crippen LogP contribution in [0.4, 0.5) is 0 Å². The van der Waals surface area contributed by atoms with E-state index in [1.807, 2.05) is 0 Å². The molecule has 0 aromatic carbocycles. The first-order chi connectivity index (χ1) is 7.27. The number of pyridine rings is 1. The van der Waals surface area contributed by atoms with Gasteiger partial charge in [-0.25, -0.2) is 9.78 Å². The van der Waals surface area contributed by atoms with Crippen molar-refractivity contribution < 1.29 is 14.3 Å². The highest BCUT2D eigenvalue weighted by atomic mass is 16.5. The lowest BCUT2D eigenvalue weighted by molar-refractivity contribution is 0.0593. The molecule has 5 nitrogen and oxygen atoms in total. The molecule has 0 radical (unpaired) electrons. The second-order valence-electron chi connectivity index (χ2n) is 2.86. The number of nitrogens with zero attached hydrogens (tertiary/aromatic N) is 1. The molecule has 0 amide bonds. The van der Waals surface area contributed by atoms with Gasteiger partial charge in [0.2, 0.25) is 0 Å². The fourth-order valence-electron chi connectivity index (χ4n) is 0.990. The Morgan fingerprint density at radius 3 is 3.07 bits per heavy atom. The van der Waals surface area contributed by atoms with Crippen molar-refractivity contribution in [1.29, 1.82) is 0 Å². The molecule has 0 unspecified atom stereocenters. The summed E-state index contributed by atoms with van der Waals surface area (Å²) in [5.74, 6) is 0.123. The zero-order chi connectivity index (χ0) is 11.1. The molecule has 0 saturated carbocycles. The lowest BCUT2D eigenvalue weighted by Crippen LogP contribution is -2.08. The van der Waals surface area contributed by atoms with Crippen molar-refractivity contribution in [3.05, 3.63) is 24.0 Å². The maximum Gasteiger partial charge on any atom is 0.356 e. The van der Waals surface area contributed by atoms with Gasteiger partial charge in [-0.2, -0.15) is 0 Å². The van der Waals surface area contributed by atoms with Crippen molar-refractivity contribution in [2.45, 2.75) is 6.42 Å². The van der Waals surface area contributed by atoms with Crippen LogP contribution in [-0.2, 0) is 4.74 Å².